The fraction of sp³-hybridized carbons (Fsp3) is 0.118. The molecule has 0 fully saturated rings. The lowest BCUT2D eigenvalue weighted by molar-refractivity contribution is 0.0955. The van der Waals surface area contributed by atoms with Crippen molar-refractivity contribution in [1.82, 2.24) is 10.3 Å². The smallest absolute Gasteiger partial charge is 0.253 e. The molecule has 0 atom stereocenters. The third-order valence-corrected chi connectivity index (χ3v) is 3.53. The van der Waals surface area contributed by atoms with Gasteiger partial charge in [0.1, 0.15) is 11.6 Å². The molecular weight excluding hydrogens is 286 g/mol. The monoisotopic (exact) mass is 300 g/mol. The topological polar surface area (TPSA) is 44.9 Å². The van der Waals surface area contributed by atoms with Gasteiger partial charge < -0.3 is 10.3 Å². The largest absolute Gasteiger partial charge is 0.360 e. The molecule has 3 nitrogen and oxygen atoms in total. The lowest BCUT2D eigenvalue weighted by atomic mass is 10.1. The van der Waals surface area contributed by atoms with Crippen molar-refractivity contribution in [2.75, 3.05) is 6.54 Å². The Morgan fingerprint density at radius 2 is 1.95 bits per heavy atom. The molecule has 0 saturated heterocycles. The molecule has 1 amide bonds. The van der Waals surface area contributed by atoms with E-state index in [0.29, 0.717) is 35.0 Å². The quantitative estimate of drug-likeness (QED) is 0.762. The molecule has 0 spiro atoms. The Morgan fingerprint density at radius 3 is 2.77 bits per heavy atom. The van der Waals surface area contributed by atoms with E-state index in [4.69, 9.17) is 0 Å². The van der Waals surface area contributed by atoms with Crippen molar-refractivity contribution in [3.63, 3.8) is 0 Å². The molecule has 0 radical (unpaired) electrons. The van der Waals surface area contributed by atoms with Crippen LogP contribution in [0.1, 0.15) is 15.9 Å². The fourth-order valence-electron chi connectivity index (χ4n) is 2.39. The van der Waals surface area contributed by atoms with Gasteiger partial charge in [-0.2, -0.15) is 0 Å². The van der Waals surface area contributed by atoms with E-state index in [-0.39, 0.29) is 17.5 Å². The number of rotatable bonds is 4. The minimum atomic E-state index is -0.360. The highest BCUT2D eigenvalue weighted by Crippen LogP contribution is 2.19. The molecule has 1 aromatic heterocycles. The zero-order valence-corrected chi connectivity index (χ0v) is 11.7. The van der Waals surface area contributed by atoms with Crippen LogP contribution in [0.3, 0.4) is 0 Å². The number of amides is 1. The Balaban J connectivity index is 1.68. The maximum absolute atomic E-state index is 13.5. The van der Waals surface area contributed by atoms with Gasteiger partial charge in [-0.3, -0.25) is 4.79 Å². The van der Waals surface area contributed by atoms with Crippen molar-refractivity contribution >= 4 is 16.8 Å². The summed E-state index contributed by atoms with van der Waals surface area (Å²) in [5.74, 6) is -0.908. The van der Waals surface area contributed by atoms with E-state index in [1.807, 2.05) is 0 Å². The lowest BCUT2D eigenvalue weighted by Crippen LogP contribution is -2.25. The highest BCUT2D eigenvalue weighted by Gasteiger charge is 2.12. The van der Waals surface area contributed by atoms with Crippen LogP contribution in [0.25, 0.3) is 10.9 Å². The second-order valence-electron chi connectivity index (χ2n) is 4.99. The normalized spacial score (nSPS) is 10.8. The van der Waals surface area contributed by atoms with Crippen LogP contribution >= 0.6 is 0 Å². The molecule has 2 aromatic carbocycles. The number of aromatic amines is 1. The summed E-state index contributed by atoms with van der Waals surface area (Å²) in [6, 6.07) is 10.7. The third-order valence-electron chi connectivity index (χ3n) is 3.53. The van der Waals surface area contributed by atoms with E-state index >= 15 is 0 Å². The van der Waals surface area contributed by atoms with Crippen LogP contribution < -0.4 is 5.32 Å². The first-order chi connectivity index (χ1) is 10.6. The lowest BCUT2D eigenvalue weighted by Gasteiger charge is -2.05. The van der Waals surface area contributed by atoms with Crippen molar-refractivity contribution in [1.29, 1.82) is 0 Å². The summed E-state index contributed by atoms with van der Waals surface area (Å²) < 4.78 is 26.6. The number of H-pyrrole nitrogens is 1. The fourth-order valence-corrected chi connectivity index (χ4v) is 2.39. The first-order valence-electron chi connectivity index (χ1n) is 6.93. The van der Waals surface area contributed by atoms with Gasteiger partial charge in [-0.05, 0) is 36.2 Å². The van der Waals surface area contributed by atoms with Gasteiger partial charge in [0.15, 0.2) is 0 Å². The van der Waals surface area contributed by atoms with Gasteiger partial charge in [0.25, 0.3) is 5.91 Å². The van der Waals surface area contributed by atoms with Crippen LogP contribution in [0.5, 0.6) is 0 Å². The van der Waals surface area contributed by atoms with Gasteiger partial charge in [0.05, 0.1) is 5.56 Å². The molecule has 0 aliphatic carbocycles. The van der Waals surface area contributed by atoms with E-state index in [1.54, 1.807) is 30.5 Å². The molecule has 5 heteroatoms. The van der Waals surface area contributed by atoms with Gasteiger partial charge in [-0.15, -0.1) is 0 Å². The number of fused-ring (bicyclic) bond motifs is 1. The minimum Gasteiger partial charge on any atom is -0.360 e. The summed E-state index contributed by atoms with van der Waals surface area (Å²) in [6.45, 7) is 0.327. The van der Waals surface area contributed by atoms with Crippen molar-refractivity contribution in [3.8, 4) is 0 Å². The SMILES string of the molecule is O=C(NCCc1ccccc1F)c1c[nH]c2cc(F)ccc12. The zero-order valence-electron chi connectivity index (χ0n) is 11.7. The number of carbonyl (C=O) groups is 1. The average Bonchev–Trinajstić information content (AvgIpc) is 2.92. The maximum atomic E-state index is 13.5. The highest BCUT2D eigenvalue weighted by molar-refractivity contribution is 6.06. The van der Waals surface area contributed by atoms with Crippen LogP contribution in [0.2, 0.25) is 0 Å². The van der Waals surface area contributed by atoms with Crippen molar-refractivity contribution in [3.05, 3.63) is 71.4 Å². The summed E-state index contributed by atoms with van der Waals surface area (Å²) in [6.07, 6.45) is 1.96. The molecule has 3 aromatic rings. The second kappa shape index (κ2) is 5.97. The number of halogens is 2. The van der Waals surface area contributed by atoms with Gasteiger partial charge >= 0.3 is 0 Å². The number of nitrogens with one attached hydrogen (secondary N) is 2. The molecule has 1 heterocycles. The third kappa shape index (κ3) is 2.83. The first-order valence-corrected chi connectivity index (χ1v) is 6.93. The predicted octanol–water partition coefficient (Wildman–Crippen LogP) is 3.42. The van der Waals surface area contributed by atoms with E-state index in [2.05, 4.69) is 10.3 Å². The molecule has 0 unspecified atom stereocenters. The highest BCUT2D eigenvalue weighted by atomic mass is 19.1. The van der Waals surface area contributed by atoms with E-state index in [0.717, 1.165) is 0 Å². The summed E-state index contributed by atoms with van der Waals surface area (Å²) in [5.41, 5.74) is 1.58. The van der Waals surface area contributed by atoms with Crippen LogP contribution in [0, 0.1) is 11.6 Å². The Kier molecular flexibility index (Phi) is 3.87. The average molecular weight is 300 g/mol. The molecular formula is C17H14F2N2O. The van der Waals surface area contributed by atoms with E-state index in [9.17, 15) is 13.6 Å². The predicted molar refractivity (Wildman–Crippen MR) is 80.7 cm³/mol. The summed E-state index contributed by atoms with van der Waals surface area (Å²) in [7, 11) is 0. The van der Waals surface area contributed by atoms with Crippen molar-refractivity contribution in [2.45, 2.75) is 6.42 Å². The number of hydrogen-bond acceptors (Lipinski definition) is 1. The minimum absolute atomic E-state index is 0.269. The molecule has 0 aliphatic rings. The molecule has 112 valence electrons. The Bertz CT molecular complexity index is 826. The molecule has 3 rings (SSSR count). The summed E-state index contributed by atoms with van der Waals surface area (Å²) in [4.78, 5) is 15.0. The summed E-state index contributed by atoms with van der Waals surface area (Å²) >= 11 is 0. The number of hydrogen-bond donors (Lipinski definition) is 2. The van der Waals surface area contributed by atoms with Crippen LogP contribution in [-0.4, -0.2) is 17.4 Å². The van der Waals surface area contributed by atoms with Crippen LogP contribution in [0.15, 0.2) is 48.7 Å². The molecule has 2 N–H and O–H groups in total. The molecule has 0 saturated carbocycles. The molecule has 22 heavy (non-hydrogen) atoms. The van der Waals surface area contributed by atoms with Gasteiger partial charge in [0.2, 0.25) is 0 Å². The number of benzene rings is 2. The number of aromatic nitrogens is 1. The van der Waals surface area contributed by atoms with Crippen molar-refractivity contribution < 1.29 is 13.6 Å². The van der Waals surface area contributed by atoms with Gasteiger partial charge in [0, 0.05) is 23.6 Å². The van der Waals surface area contributed by atoms with Crippen molar-refractivity contribution in [2.24, 2.45) is 0 Å². The van der Waals surface area contributed by atoms with Crippen LogP contribution in [-0.2, 0) is 6.42 Å². The Morgan fingerprint density at radius 1 is 1.14 bits per heavy atom. The van der Waals surface area contributed by atoms with Crippen LogP contribution in [0.4, 0.5) is 8.78 Å². The Labute approximate surface area is 126 Å². The first kappa shape index (κ1) is 14.3. The second-order valence-corrected chi connectivity index (χ2v) is 4.99. The van der Waals surface area contributed by atoms with E-state index < -0.39 is 0 Å². The van der Waals surface area contributed by atoms with Gasteiger partial charge in [-0.25, -0.2) is 8.78 Å². The molecule has 0 bridgehead atoms. The van der Waals surface area contributed by atoms with E-state index in [1.165, 1.54) is 18.2 Å². The maximum Gasteiger partial charge on any atom is 0.253 e. The zero-order chi connectivity index (χ0) is 15.5. The standard InChI is InChI=1S/C17H14F2N2O/c18-12-5-6-13-14(10-21-16(13)9-12)17(22)20-8-7-11-3-1-2-4-15(11)19/h1-6,9-10,21H,7-8H2,(H,20,22). The molecule has 0 aliphatic heterocycles. The Hall–Kier alpha value is -2.69. The number of carbonyl (C=O) groups excluding carboxylic acids is 1. The van der Waals surface area contributed by atoms with Gasteiger partial charge in [-0.1, -0.05) is 18.2 Å². The summed E-state index contributed by atoms with van der Waals surface area (Å²) in [5, 5.41) is 3.41.